The maximum atomic E-state index is 14.2. The van der Waals surface area contributed by atoms with Gasteiger partial charge < -0.3 is 26.0 Å². The highest BCUT2D eigenvalue weighted by atomic mass is 19.1. The van der Waals surface area contributed by atoms with Crippen LogP contribution in [0.25, 0.3) is 0 Å². The van der Waals surface area contributed by atoms with Crippen molar-refractivity contribution in [2.24, 2.45) is 0 Å². The van der Waals surface area contributed by atoms with Gasteiger partial charge in [0.05, 0.1) is 12.1 Å². The Bertz CT molecular complexity index is 935. The first-order valence-corrected chi connectivity index (χ1v) is 9.88. The summed E-state index contributed by atoms with van der Waals surface area (Å²) in [7, 11) is 0. The summed E-state index contributed by atoms with van der Waals surface area (Å²) in [5.41, 5.74) is 1.03. The van der Waals surface area contributed by atoms with Crippen molar-refractivity contribution in [3.63, 3.8) is 0 Å². The molecule has 0 aliphatic carbocycles. The van der Waals surface area contributed by atoms with Crippen molar-refractivity contribution in [3.8, 4) is 0 Å². The van der Waals surface area contributed by atoms with E-state index in [1.54, 1.807) is 18.2 Å². The van der Waals surface area contributed by atoms with E-state index in [0.717, 1.165) is 31.9 Å². The molecule has 4 N–H and O–H groups in total. The van der Waals surface area contributed by atoms with E-state index >= 15 is 0 Å². The zero-order chi connectivity index (χ0) is 22.2. The van der Waals surface area contributed by atoms with Crippen molar-refractivity contribution >= 4 is 23.5 Å². The highest BCUT2D eigenvalue weighted by Crippen LogP contribution is 2.19. The Morgan fingerprint density at radius 3 is 2.65 bits per heavy atom. The van der Waals surface area contributed by atoms with Crippen LogP contribution in [-0.2, 0) is 9.59 Å². The van der Waals surface area contributed by atoms with Crippen LogP contribution in [0, 0.1) is 5.82 Å². The number of benzene rings is 1. The van der Waals surface area contributed by atoms with Crippen molar-refractivity contribution in [1.29, 1.82) is 0 Å². The van der Waals surface area contributed by atoms with E-state index in [0.29, 0.717) is 5.56 Å². The average molecular weight is 429 g/mol. The lowest BCUT2D eigenvalue weighted by Gasteiger charge is -2.29. The van der Waals surface area contributed by atoms with Gasteiger partial charge in [0.15, 0.2) is 0 Å². The number of aromatic nitrogens is 1. The average Bonchev–Trinajstić information content (AvgIpc) is 2.79. The molecular formula is C21H24FN5O4. The van der Waals surface area contributed by atoms with Gasteiger partial charge in [-0.3, -0.25) is 19.4 Å². The molecule has 0 spiro atoms. The number of hydrogen-bond acceptors (Lipinski definition) is 6. The van der Waals surface area contributed by atoms with Gasteiger partial charge in [0.25, 0.3) is 5.91 Å². The number of nitrogens with one attached hydrogen (secondary N) is 3. The Hall–Kier alpha value is -3.53. The Labute approximate surface area is 178 Å². The molecule has 0 unspecified atom stereocenters. The molecule has 1 aliphatic heterocycles. The van der Waals surface area contributed by atoms with Crippen molar-refractivity contribution < 1.29 is 23.9 Å². The summed E-state index contributed by atoms with van der Waals surface area (Å²) in [6.07, 6.45) is 2.94. The maximum absolute atomic E-state index is 14.2. The second-order valence-electron chi connectivity index (χ2n) is 7.07. The topological polar surface area (TPSA) is 124 Å². The molecule has 1 aromatic heterocycles. The summed E-state index contributed by atoms with van der Waals surface area (Å²) >= 11 is 0. The molecule has 164 valence electrons. The largest absolute Gasteiger partial charge is 0.481 e. The van der Waals surface area contributed by atoms with E-state index in [9.17, 15) is 23.9 Å². The third-order valence-corrected chi connectivity index (χ3v) is 4.97. The van der Waals surface area contributed by atoms with E-state index in [1.807, 2.05) is 4.90 Å². The van der Waals surface area contributed by atoms with Crippen molar-refractivity contribution in [2.45, 2.75) is 5.92 Å². The van der Waals surface area contributed by atoms with Crippen LogP contribution in [0.2, 0.25) is 0 Å². The van der Waals surface area contributed by atoms with Crippen LogP contribution >= 0.6 is 0 Å². The molecule has 1 aromatic carbocycles. The fourth-order valence-corrected chi connectivity index (χ4v) is 3.27. The van der Waals surface area contributed by atoms with Crippen LogP contribution in [0.5, 0.6) is 0 Å². The summed E-state index contributed by atoms with van der Waals surface area (Å²) in [5.74, 6) is -4.06. The number of rotatable bonds is 8. The molecule has 0 saturated carbocycles. The number of carbonyl (C=O) groups is 3. The van der Waals surface area contributed by atoms with Crippen LogP contribution < -0.4 is 20.9 Å². The number of aliphatic carboxylic acids is 1. The molecule has 31 heavy (non-hydrogen) atoms. The fraction of sp³-hybridized carbons (Fsp3) is 0.333. The molecule has 0 bridgehead atoms. The Kier molecular flexibility index (Phi) is 7.50. The van der Waals surface area contributed by atoms with Gasteiger partial charge in [-0.1, -0.05) is 6.07 Å². The minimum atomic E-state index is -1.11. The summed E-state index contributed by atoms with van der Waals surface area (Å²) in [5, 5.41) is 17.5. The van der Waals surface area contributed by atoms with E-state index < -0.39 is 36.1 Å². The number of carbonyl (C=O) groups excluding carboxylic acids is 2. The monoisotopic (exact) mass is 429 g/mol. The van der Waals surface area contributed by atoms with Crippen molar-refractivity contribution in [2.75, 3.05) is 44.2 Å². The maximum Gasteiger partial charge on any atom is 0.312 e. The normalized spacial score (nSPS) is 14.5. The first kappa shape index (κ1) is 22.2. The van der Waals surface area contributed by atoms with Crippen LogP contribution in [0.4, 0.5) is 10.1 Å². The van der Waals surface area contributed by atoms with E-state index in [4.69, 9.17) is 0 Å². The summed E-state index contributed by atoms with van der Waals surface area (Å²) < 4.78 is 14.2. The summed E-state index contributed by atoms with van der Waals surface area (Å²) in [6, 6.07) is 7.54. The number of carboxylic acid groups (broad SMARTS) is 1. The predicted octanol–water partition coefficient (Wildman–Crippen LogP) is 0.345. The lowest BCUT2D eigenvalue weighted by molar-refractivity contribution is -0.138. The highest BCUT2D eigenvalue weighted by molar-refractivity contribution is 5.97. The van der Waals surface area contributed by atoms with Crippen LogP contribution in [-0.4, -0.2) is 67.1 Å². The zero-order valence-electron chi connectivity index (χ0n) is 16.8. The van der Waals surface area contributed by atoms with E-state index in [-0.39, 0.29) is 12.1 Å². The van der Waals surface area contributed by atoms with Crippen LogP contribution in [0.3, 0.4) is 0 Å². The van der Waals surface area contributed by atoms with Gasteiger partial charge in [0.1, 0.15) is 11.7 Å². The molecule has 0 radical (unpaired) electrons. The minimum absolute atomic E-state index is 0.150. The Morgan fingerprint density at radius 2 is 1.97 bits per heavy atom. The Balaban J connectivity index is 1.55. The van der Waals surface area contributed by atoms with Gasteiger partial charge in [-0.25, -0.2) is 4.39 Å². The van der Waals surface area contributed by atoms with E-state index in [1.165, 1.54) is 24.5 Å². The molecule has 2 amide bonds. The van der Waals surface area contributed by atoms with Crippen molar-refractivity contribution in [1.82, 2.24) is 20.9 Å². The number of piperazine rings is 1. The predicted molar refractivity (Wildman–Crippen MR) is 111 cm³/mol. The second kappa shape index (κ2) is 10.5. The molecule has 9 nitrogen and oxygen atoms in total. The summed E-state index contributed by atoms with van der Waals surface area (Å²) in [4.78, 5) is 41.9. The molecular weight excluding hydrogens is 405 g/mol. The first-order valence-electron chi connectivity index (χ1n) is 9.88. The zero-order valence-corrected chi connectivity index (χ0v) is 16.8. The standard InChI is InChI=1S/C21H24FN5O4/c22-18-4-3-15(27-8-6-23-7-9-27)10-16(18)20(29)26-13-19(28)25-12-17(21(30)31)14-2-1-5-24-11-14/h1-5,10-11,17,23H,6-9,12-13H2,(H,25,28)(H,26,29)(H,30,31)/t17-/m1/s1. The lowest BCUT2D eigenvalue weighted by Crippen LogP contribution is -2.43. The first-order chi connectivity index (χ1) is 15.0. The van der Waals surface area contributed by atoms with Gasteiger partial charge in [0.2, 0.25) is 5.91 Å². The number of pyridine rings is 1. The van der Waals surface area contributed by atoms with Gasteiger partial charge in [-0.05, 0) is 29.8 Å². The molecule has 1 fully saturated rings. The quantitative estimate of drug-likeness (QED) is 0.477. The number of nitrogens with zero attached hydrogens (tertiary/aromatic N) is 2. The van der Waals surface area contributed by atoms with Gasteiger partial charge in [-0.15, -0.1) is 0 Å². The smallest absolute Gasteiger partial charge is 0.312 e. The van der Waals surface area contributed by atoms with Gasteiger partial charge >= 0.3 is 5.97 Å². The highest BCUT2D eigenvalue weighted by Gasteiger charge is 2.21. The fourth-order valence-electron chi connectivity index (χ4n) is 3.27. The van der Waals surface area contributed by atoms with Gasteiger partial charge in [0, 0.05) is 50.8 Å². The third kappa shape index (κ3) is 5.98. The molecule has 2 heterocycles. The molecule has 10 heteroatoms. The third-order valence-electron chi connectivity index (χ3n) is 4.97. The number of carboxylic acids is 1. The lowest BCUT2D eigenvalue weighted by atomic mass is 10.0. The minimum Gasteiger partial charge on any atom is -0.481 e. The van der Waals surface area contributed by atoms with Crippen LogP contribution in [0.1, 0.15) is 21.8 Å². The summed E-state index contributed by atoms with van der Waals surface area (Å²) in [6.45, 7) is 2.52. The number of amides is 2. The SMILES string of the molecule is O=C(CNC(=O)c1cc(N2CCNCC2)ccc1F)NC[C@@H](C(=O)O)c1cccnc1. The van der Waals surface area contributed by atoms with Crippen LogP contribution in [0.15, 0.2) is 42.7 Å². The number of hydrogen-bond donors (Lipinski definition) is 4. The number of anilines is 1. The Morgan fingerprint density at radius 1 is 1.19 bits per heavy atom. The van der Waals surface area contributed by atoms with E-state index in [2.05, 4.69) is 20.9 Å². The molecule has 2 aromatic rings. The molecule has 1 saturated heterocycles. The number of halogens is 1. The molecule has 1 aliphatic rings. The molecule has 3 rings (SSSR count). The molecule has 1 atom stereocenters. The second-order valence-corrected chi connectivity index (χ2v) is 7.07. The van der Waals surface area contributed by atoms with Crippen molar-refractivity contribution in [3.05, 3.63) is 59.7 Å². The van der Waals surface area contributed by atoms with Gasteiger partial charge in [-0.2, -0.15) is 0 Å².